The van der Waals surface area contributed by atoms with Gasteiger partial charge in [-0.2, -0.15) is 5.10 Å². The first-order valence-electron chi connectivity index (χ1n) is 5.73. The fraction of sp³-hybridized carbons (Fsp3) is 0.308. The summed E-state index contributed by atoms with van der Waals surface area (Å²) in [6.07, 6.45) is 2.64. The average molecular weight is 233 g/mol. The van der Waals surface area contributed by atoms with Gasteiger partial charge < -0.3 is 5.73 Å². The number of nitrogens with two attached hydrogens (primary N) is 1. The number of hydrogen-bond acceptors (Lipinski definition) is 2. The lowest BCUT2D eigenvalue weighted by molar-refractivity contribution is 0.427. The van der Waals surface area contributed by atoms with Crippen molar-refractivity contribution in [3.63, 3.8) is 0 Å². The summed E-state index contributed by atoms with van der Waals surface area (Å²) in [5.41, 5.74) is 8.61. The predicted molar refractivity (Wildman–Crippen MR) is 66.4 cm³/mol. The van der Waals surface area contributed by atoms with E-state index < -0.39 is 6.67 Å². The van der Waals surface area contributed by atoms with Crippen molar-refractivity contribution in [2.45, 2.75) is 13.0 Å². The van der Waals surface area contributed by atoms with Crippen LogP contribution < -0.4 is 5.73 Å². The minimum absolute atomic E-state index is 0.296. The Morgan fingerprint density at radius 3 is 2.65 bits per heavy atom. The molecule has 1 aromatic heterocycles. The molecule has 0 saturated heterocycles. The maximum absolute atomic E-state index is 12.3. The van der Waals surface area contributed by atoms with Crippen molar-refractivity contribution in [2.75, 3.05) is 13.2 Å². The fourth-order valence-electron chi connectivity index (χ4n) is 1.84. The van der Waals surface area contributed by atoms with E-state index in [2.05, 4.69) is 5.10 Å². The van der Waals surface area contributed by atoms with E-state index >= 15 is 0 Å². The molecule has 2 N–H and O–H groups in total. The Balaban J connectivity index is 2.37. The van der Waals surface area contributed by atoms with Crippen LogP contribution in [0, 0.1) is 0 Å². The van der Waals surface area contributed by atoms with E-state index in [0.717, 1.165) is 23.2 Å². The molecule has 0 aliphatic rings. The Labute approximate surface area is 100 Å². The third-order valence-electron chi connectivity index (χ3n) is 2.61. The van der Waals surface area contributed by atoms with Crippen molar-refractivity contribution in [3.8, 4) is 11.3 Å². The quantitative estimate of drug-likeness (QED) is 0.858. The summed E-state index contributed by atoms with van der Waals surface area (Å²) in [6.45, 7) is 0.462. The molecule has 0 amide bonds. The lowest BCUT2D eigenvalue weighted by atomic mass is 10.1. The molecular formula is C13H16FN3. The van der Waals surface area contributed by atoms with Crippen LogP contribution in [0.25, 0.3) is 11.3 Å². The number of nitrogens with zero attached hydrogens (tertiary/aromatic N) is 2. The SMILES string of the molecule is NCCc1cn(CCF)nc1-c1ccccc1. The standard InChI is InChI=1S/C13H16FN3/c14-7-9-17-10-12(6-8-15)13(16-17)11-4-2-1-3-5-11/h1-5,10H,6-9,15H2. The van der Waals surface area contributed by atoms with Gasteiger partial charge in [0.1, 0.15) is 6.67 Å². The Hall–Kier alpha value is -1.68. The highest BCUT2D eigenvalue weighted by Crippen LogP contribution is 2.21. The van der Waals surface area contributed by atoms with Crippen molar-refractivity contribution in [1.29, 1.82) is 0 Å². The highest BCUT2D eigenvalue weighted by molar-refractivity contribution is 5.62. The maximum atomic E-state index is 12.3. The number of hydrogen-bond donors (Lipinski definition) is 1. The lowest BCUT2D eigenvalue weighted by Gasteiger charge is -2.00. The zero-order valence-corrected chi connectivity index (χ0v) is 9.64. The van der Waals surface area contributed by atoms with E-state index in [1.54, 1.807) is 4.68 Å². The van der Waals surface area contributed by atoms with Crippen molar-refractivity contribution < 1.29 is 4.39 Å². The van der Waals surface area contributed by atoms with Gasteiger partial charge in [-0.3, -0.25) is 4.68 Å². The second-order valence-electron chi connectivity index (χ2n) is 3.86. The van der Waals surface area contributed by atoms with Gasteiger partial charge in [0, 0.05) is 11.8 Å². The van der Waals surface area contributed by atoms with Crippen LogP contribution >= 0.6 is 0 Å². The maximum Gasteiger partial charge on any atom is 0.109 e. The van der Waals surface area contributed by atoms with Crippen LogP contribution in [-0.2, 0) is 13.0 Å². The van der Waals surface area contributed by atoms with Gasteiger partial charge in [-0.1, -0.05) is 30.3 Å². The molecule has 0 aliphatic carbocycles. The minimum atomic E-state index is -0.405. The molecule has 0 saturated carbocycles. The van der Waals surface area contributed by atoms with Crippen LogP contribution in [0.15, 0.2) is 36.5 Å². The molecule has 0 fully saturated rings. The second kappa shape index (κ2) is 5.59. The molecule has 4 heteroatoms. The van der Waals surface area contributed by atoms with Crippen molar-refractivity contribution in [3.05, 3.63) is 42.1 Å². The number of benzene rings is 1. The van der Waals surface area contributed by atoms with Crippen LogP contribution in [0.3, 0.4) is 0 Å². The van der Waals surface area contributed by atoms with Gasteiger partial charge in [0.15, 0.2) is 0 Å². The van der Waals surface area contributed by atoms with E-state index in [4.69, 9.17) is 5.73 Å². The molecule has 0 bridgehead atoms. The molecule has 90 valence electrons. The van der Waals surface area contributed by atoms with Crippen LogP contribution in [-0.4, -0.2) is 23.0 Å². The first-order chi connectivity index (χ1) is 8.35. The van der Waals surface area contributed by atoms with Crippen molar-refractivity contribution in [1.82, 2.24) is 9.78 Å². The third-order valence-corrected chi connectivity index (χ3v) is 2.61. The summed E-state index contributed by atoms with van der Waals surface area (Å²) in [7, 11) is 0. The number of alkyl halides is 1. The molecule has 1 heterocycles. The molecule has 1 aromatic carbocycles. The molecular weight excluding hydrogens is 217 g/mol. The van der Waals surface area contributed by atoms with Gasteiger partial charge in [0.25, 0.3) is 0 Å². The second-order valence-corrected chi connectivity index (χ2v) is 3.86. The van der Waals surface area contributed by atoms with Crippen molar-refractivity contribution >= 4 is 0 Å². The Bertz CT molecular complexity index is 465. The number of halogens is 1. The van der Waals surface area contributed by atoms with Gasteiger partial charge in [-0.05, 0) is 18.5 Å². The summed E-state index contributed by atoms with van der Waals surface area (Å²) in [5.74, 6) is 0. The zero-order valence-electron chi connectivity index (χ0n) is 9.64. The van der Waals surface area contributed by atoms with Crippen LogP contribution in [0.5, 0.6) is 0 Å². The average Bonchev–Trinajstić information content (AvgIpc) is 2.74. The number of aromatic nitrogens is 2. The highest BCUT2D eigenvalue weighted by atomic mass is 19.1. The number of aryl methyl sites for hydroxylation is 1. The van der Waals surface area contributed by atoms with Gasteiger partial charge in [-0.25, -0.2) is 4.39 Å². The van der Waals surface area contributed by atoms with Crippen LogP contribution in [0.4, 0.5) is 4.39 Å². The molecule has 0 unspecified atom stereocenters. The fourth-order valence-corrected chi connectivity index (χ4v) is 1.84. The molecule has 17 heavy (non-hydrogen) atoms. The monoisotopic (exact) mass is 233 g/mol. The van der Waals surface area contributed by atoms with E-state index in [1.165, 1.54) is 0 Å². The molecule has 3 nitrogen and oxygen atoms in total. The predicted octanol–water partition coefficient (Wildman–Crippen LogP) is 2.02. The van der Waals surface area contributed by atoms with Crippen molar-refractivity contribution in [2.24, 2.45) is 5.73 Å². The first kappa shape index (κ1) is 11.8. The third kappa shape index (κ3) is 2.71. The first-order valence-corrected chi connectivity index (χ1v) is 5.73. The van der Waals surface area contributed by atoms with Crippen LogP contribution in [0.1, 0.15) is 5.56 Å². The molecule has 0 spiro atoms. The summed E-state index contributed by atoms with van der Waals surface area (Å²) in [4.78, 5) is 0. The van der Waals surface area contributed by atoms with Gasteiger partial charge in [-0.15, -0.1) is 0 Å². The van der Waals surface area contributed by atoms with E-state index in [9.17, 15) is 4.39 Å². The van der Waals surface area contributed by atoms with E-state index in [-0.39, 0.29) is 0 Å². The van der Waals surface area contributed by atoms with Crippen LogP contribution in [0.2, 0.25) is 0 Å². The summed E-state index contributed by atoms with van der Waals surface area (Å²) in [6, 6.07) is 9.90. The molecule has 0 radical (unpaired) electrons. The van der Waals surface area contributed by atoms with Gasteiger partial charge in [0.2, 0.25) is 0 Å². The molecule has 0 atom stereocenters. The Morgan fingerprint density at radius 1 is 1.24 bits per heavy atom. The summed E-state index contributed by atoms with van der Waals surface area (Å²) in [5, 5.41) is 4.41. The van der Waals surface area contributed by atoms with E-state index in [0.29, 0.717) is 13.1 Å². The van der Waals surface area contributed by atoms with Gasteiger partial charge in [0.05, 0.1) is 12.2 Å². The summed E-state index contributed by atoms with van der Waals surface area (Å²) < 4.78 is 14.0. The zero-order chi connectivity index (χ0) is 12.1. The minimum Gasteiger partial charge on any atom is -0.330 e. The smallest absolute Gasteiger partial charge is 0.109 e. The Kier molecular flexibility index (Phi) is 3.88. The van der Waals surface area contributed by atoms with E-state index in [1.807, 2.05) is 36.5 Å². The molecule has 2 rings (SSSR count). The topological polar surface area (TPSA) is 43.8 Å². The number of rotatable bonds is 5. The lowest BCUT2D eigenvalue weighted by Crippen LogP contribution is -2.03. The van der Waals surface area contributed by atoms with Gasteiger partial charge >= 0.3 is 0 Å². The highest BCUT2D eigenvalue weighted by Gasteiger charge is 2.09. The normalized spacial score (nSPS) is 10.7. The Morgan fingerprint density at radius 2 is 2.00 bits per heavy atom. The largest absolute Gasteiger partial charge is 0.330 e. The summed E-state index contributed by atoms with van der Waals surface area (Å²) >= 11 is 0. The molecule has 2 aromatic rings. The molecule has 0 aliphatic heterocycles.